The first-order valence-electron chi connectivity index (χ1n) is 4.55. The van der Waals surface area contributed by atoms with E-state index in [1.165, 1.54) is 0 Å². The average Bonchev–Trinajstić information content (AvgIpc) is 2.27. The molecule has 0 aliphatic heterocycles. The van der Waals surface area contributed by atoms with E-state index >= 15 is 0 Å². The standard InChI is InChI=1S/C12H13NO2/c1-10(15-9-14-2)7-11-5-3-4-6-12(11)8-13/h3-6H,1,7,9H2,2H3. The summed E-state index contributed by atoms with van der Waals surface area (Å²) in [4.78, 5) is 0. The van der Waals surface area contributed by atoms with Gasteiger partial charge in [-0.3, -0.25) is 0 Å². The minimum Gasteiger partial charge on any atom is -0.472 e. The summed E-state index contributed by atoms with van der Waals surface area (Å²) in [5, 5.41) is 8.86. The van der Waals surface area contributed by atoms with Gasteiger partial charge in [-0.05, 0) is 11.6 Å². The Bertz CT molecular complexity index is 379. The number of nitrogens with zero attached hydrogens (tertiary/aromatic N) is 1. The Morgan fingerprint density at radius 3 is 2.87 bits per heavy atom. The molecule has 1 aromatic rings. The van der Waals surface area contributed by atoms with Gasteiger partial charge in [0.2, 0.25) is 0 Å². The second-order valence-corrected chi connectivity index (χ2v) is 3.04. The highest BCUT2D eigenvalue weighted by Gasteiger charge is 2.03. The minimum atomic E-state index is 0.188. The Hall–Kier alpha value is -1.79. The summed E-state index contributed by atoms with van der Waals surface area (Å²) in [6.07, 6.45) is 0.535. The van der Waals surface area contributed by atoms with Crippen molar-refractivity contribution in [3.05, 3.63) is 47.7 Å². The molecule has 0 saturated carbocycles. The predicted octanol–water partition coefficient (Wildman–Crippen LogP) is 2.23. The van der Waals surface area contributed by atoms with Crippen LogP contribution in [0, 0.1) is 11.3 Å². The van der Waals surface area contributed by atoms with Crippen LogP contribution in [0.3, 0.4) is 0 Å². The van der Waals surface area contributed by atoms with Gasteiger partial charge in [0.05, 0.1) is 17.4 Å². The summed E-state index contributed by atoms with van der Waals surface area (Å²) >= 11 is 0. The van der Waals surface area contributed by atoms with Gasteiger partial charge >= 0.3 is 0 Å². The first-order valence-corrected chi connectivity index (χ1v) is 4.55. The Morgan fingerprint density at radius 1 is 1.47 bits per heavy atom. The Balaban J connectivity index is 2.64. The third-order valence-electron chi connectivity index (χ3n) is 1.91. The molecule has 15 heavy (non-hydrogen) atoms. The molecule has 3 nitrogen and oxygen atoms in total. The number of benzene rings is 1. The molecule has 0 N–H and O–H groups in total. The molecule has 0 atom stereocenters. The molecule has 0 bridgehead atoms. The molecule has 0 aliphatic carbocycles. The van der Waals surface area contributed by atoms with E-state index in [4.69, 9.17) is 14.7 Å². The molecular formula is C12H13NO2. The maximum Gasteiger partial charge on any atom is 0.188 e. The van der Waals surface area contributed by atoms with Crippen molar-refractivity contribution in [3.8, 4) is 6.07 Å². The molecule has 0 fully saturated rings. The van der Waals surface area contributed by atoms with Crippen LogP contribution in [0.5, 0.6) is 0 Å². The van der Waals surface area contributed by atoms with E-state index in [1.54, 1.807) is 13.2 Å². The van der Waals surface area contributed by atoms with Crippen LogP contribution in [0.1, 0.15) is 11.1 Å². The van der Waals surface area contributed by atoms with Crippen LogP contribution in [0.25, 0.3) is 0 Å². The van der Waals surface area contributed by atoms with E-state index in [0.29, 0.717) is 17.7 Å². The fourth-order valence-corrected chi connectivity index (χ4v) is 1.19. The lowest BCUT2D eigenvalue weighted by Crippen LogP contribution is -2.00. The average molecular weight is 203 g/mol. The van der Waals surface area contributed by atoms with E-state index in [1.807, 2.05) is 18.2 Å². The molecular weight excluding hydrogens is 190 g/mol. The SMILES string of the molecule is C=C(Cc1ccccc1C#N)OCOC. The number of ether oxygens (including phenoxy) is 2. The van der Waals surface area contributed by atoms with Crippen molar-refractivity contribution in [2.45, 2.75) is 6.42 Å². The summed E-state index contributed by atoms with van der Waals surface area (Å²) in [5.74, 6) is 0.597. The number of hydrogen-bond donors (Lipinski definition) is 0. The van der Waals surface area contributed by atoms with Crippen molar-refractivity contribution in [1.82, 2.24) is 0 Å². The summed E-state index contributed by atoms with van der Waals surface area (Å²) in [6, 6.07) is 9.52. The summed E-state index contributed by atoms with van der Waals surface area (Å²) in [7, 11) is 1.55. The molecule has 3 heteroatoms. The number of allylic oxidation sites excluding steroid dienone is 1. The van der Waals surface area contributed by atoms with E-state index in [-0.39, 0.29) is 6.79 Å². The van der Waals surface area contributed by atoms with Gasteiger partial charge in [0.1, 0.15) is 0 Å². The van der Waals surface area contributed by atoms with Crippen LogP contribution in [0.2, 0.25) is 0 Å². The fourth-order valence-electron chi connectivity index (χ4n) is 1.19. The van der Waals surface area contributed by atoms with Crippen molar-refractivity contribution in [1.29, 1.82) is 5.26 Å². The van der Waals surface area contributed by atoms with Crippen molar-refractivity contribution in [2.24, 2.45) is 0 Å². The lowest BCUT2D eigenvalue weighted by Gasteiger charge is -2.08. The molecule has 1 aromatic carbocycles. The zero-order valence-electron chi connectivity index (χ0n) is 8.69. The van der Waals surface area contributed by atoms with Crippen molar-refractivity contribution < 1.29 is 9.47 Å². The predicted molar refractivity (Wildman–Crippen MR) is 57.0 cm³/mol. The van der Waals surface area contributed by atoms with Crippen molar-refractivity contribution in [2.75, 3.05) is 13.9 Å². The number of hydrogen-bond acceptors (Lipinski definition) is 3. The molecule has 78 valence electrons. The van der Waals surface area contributed by atoms with Gasteiger partial charge in [-0.2, -0.15) is 5.26 Å². The first-order chi connectivity index (χ1) is 7.27. The van der Waals surface area contributed by atoms with Gasteiger partial charge in [0.15, 0.2) is 6.79 Å². The highest BCUT2D eigenvalue weighted by atomic mass is 16.7. The smallest absolute Gasteiger partial charge is 0.188 e. The topological polar surface area (TPSA) is 42.2 Å². The minimum absolute atomic E-state index is 0.188. The highest BCUT2D eigenvalue weighted by molar-refractivity contribution is 5.38. The zero-order valence-corrected chi connectivity index (χ0v) is 8.69. The number of nitriles is 1. The van der Waals surface area contributed by atoms with E-state index in [2.05, 4.69) is 12.6 Å². The molecule has 0 saturated heterocycles. The van der Waals surface area contributed by atoms with Gasteiger partial charge in [-0.25, -0.2) is 0 Å². The lowest BCUT2D eigenvalue weighted by atomic mass is 10.1. The normalized spacial score (nSPS) is 9.33. The molecule has 0 spiro atoms. The van der Waals surface area contributed by atoms with Gasteiger partial charge in [-0.1, -0.05) is 24.8 Å². The molecule has 1 rings (SSSR count). The van der Waals surface area contributed by atoms with Crippen LogP contribution >= 0.6 is 0 Å². The van der Waals surface area contributed by atoms with Gasteiger partial charge in [0.25, 0.3) is 0 Å². The summed E-state index contributed by atoms with van der Waals surface area (Å²) in [5.41, 5.74) is 1.57. The Kier molecular flexibility index (Phi) is 4.39. The molecule has 0 aliphatic rings. The van der Waals surface area contributed by atoms with E-state index in [9.17, 15) is 0 Å². The Labute approximate surface area is 89.6 Å². The van der Waals surface area contributed by atoms with Crippen molar-refractivity contribution in [3.63, 3.8) is 0 Å². The van der Waals surface area contributed by atoms with Crippen LogP contribution in [-0.2, 0) is 15.9 Å². The highest BCUT2D eigenvalue weighted by Crippen LogP contribution is 2.12. The Morgan fingerprint density at radius 2 is 2.20 bits per heavy atom. The van der Waals surface area contributed by atoms with E-state index < -0.39 is 0 Å². The van der Waals surface area contributed by atoms with Crippen molar-refractivity contribution >= 4 is 0 Å². The molecule has 0 heterocycles. The second kappa shape index (κ2) is 5.84. The number of methoxy groups -OCH3 is 1. The quantitative estimate of drug-likeness (QED) is 0.544. The monoisotopic (exact) mass is 203 g/mol. The first kappa shape index (κ1) is 11.3. The summed E-state index contributed by atoms with van der Waals surface area (Å²) < 4.78 is 9.93. The number of rotatable bonds is 5. The molecule has 0 aromatic heterocycles. The van der Waals surface area contributed by atoms with E-state index in [0.717, 1.165) is 5.56 Å². The molecule has 0 unspecified atom stereocenters. The van der Waals surface area contributed by atoms with Gasteiger partial charge in [0, 0.05) is 13.5 Å². The maximum absolute atomic E-state index is 8.86. The van der Waals surface area contributed by atoms with Gasteiger partial charge < -0.3 is 9.47 Å². The zero-order chi connectivity index (χ0) is 11.1. The van der Waals surface area contributed by atoms with Crippen LogP contribution < -0.4 is 0 Å². The second-order valence-electron chi connectivity index (χ2n) is 3.04. The fraction of sp³-hybridized carbons (Fsp3) is 0.250. The van der Waals surface area contributed by atoms with Crippen LogP contribution in [0.4, 0.5) is 0 Å². The van der Waals surface area contributed by atoms with Crippen LogP contribution in [0.15, 0.2) is 36.6 Å². The molecule has 0 amide bonds. The van der Waals surface area contributed by atoms with Gasteiger partial charge in [-0.15, -0.1) is 0 Å². The third-order valence-corrected chi connectivity index (χ3v) is 1.91. The largest absolute Gasteiger partial charge is 0.472 e. The third kappa shape index (κ3) is 3.45. The lowest BCUT2D eigenvalue weighted by molar-refractivity contribution is 0.00425. The van der Waals surface area contributed by atoms with Crippen LogP contribution in [-0.4, -0.2) is 13.9 Å². The maximum atomic E-state index is 8.86. The summed E-state index contributed by atoms with van der Waals surface area (Å²) in [6.45, 7) is 3.94. The molecule has 0 radical (unpaired) electrons.